The normalized spacial score (nSPS) is 16.1. The van der Waals surface area contributed by atoms with E-state index in [1.807, 2.05) is 0 Å². The van der Waals surface area contributed by atoms with E-state index < -0.39 is 0 Å². The lowest BCUT2D eigenvalue weighted by Gasteiger charge is -2.33. The van der Waals surface area contributed by atoms with E-state index in [1.165, 1.54) is 0 Å². The standard InChI is InChI=1S/C14H18N4O/c1-2-3-17-4-6-18(7-5-17)14(19)11-8-12(15)10-13(16)9-11/h1,8-10H,3-7,15-16H2. The van der Waals surface area contributed by atoms with Gasteiger partial charge in [-0.3, -0.25) is 9.69 Å². The van der Waals surface area contributed by atoms with Gasteiger partial charge in [0, 0.05) is 43.1 Å². The Hall–Kier alpha value is -2.19. The molecule has 5 heteroatoms. The summed E-state index contributed by atoms with van der Waals surface area (Å²) in [7, 11) is 0. The average Bonchev–Trinajstić information content (AvgIpc) is 2.38. The molecule has 1 fully saturated rings. The van der Waals surface area contributed by atoms with Crippen molar-refractivity contribution in [1.82, 2.24) is 9.80 Å². The number of amides is 1. The Morgan fingerprint density at radius 1 is 1.16 bits per heavy atom. The van der Waals surface area contributed by atoms with Gasteiger partial charge in [-0.25, -0.2) is 0 Å². The highest BCUT2D eigenvalue weighted by Gasteiger charge is 2.21. The van der Waals surface area contributed by atoms with E-state index in [0.717, 1.165) is 13.1 Å². The molecule has 0 spiro atoms. The van der Waals surface area contributed by atoms with Crippen molar-refractivity contribution in [3.05, 3.63) is 23.8 Å². The molecule has 0 unspecified atom stereocenters. The molecule has 19 heavy (non-hydrogen) atoms. The summed E-state index contributed by atoms with van der Waals surface area (Å²) in [6, 6.07) is 4.96. The minimum Gasteiger partial charge on any atom is -0.399 e. The van der Waals surface area contributed by atoms with Gasteiger partial charge in [-0.1, -0.05) is 5.92 Å². The highest BCUT2D eigenvalue weighted by Crippen LogP contribution is 2.16. The summed E-state index contributed by atoms with van der Waals surface area (Å²) in [5, 5.41) is 0. The Morgan fingerprint density at radius 3 is 2.26 bits per heavy atom. The number of nitrogens with two attached hydrogens (primary N) is 2. The fraction of sp³-hybridized carbons (Fsp3) is 0.357. The van der Waals surface area contributed by atoms with Gasteiger partial charge in [0.25, 0.3) is 5.91 Å². The molecule has 0 aromatic heterocycles. The zero-order valence-electron chi connectivity index (χ0n) is 10.8. The van der Waals surface area contributed by atoms with Crippen molar-refractivity contribution < 1.29 is 4.79 Å². The molecule has 0 aliphatic carbocycles. The van der Waals surface area contributed by atoms with Gasteiger partial charge in [0.2, 0.25) is 0 Å². The second-order valence-corrected chi connectivity index (χ2v) is 4.66. The first-order valence-corrected chi connectivity index (χ1v) is 6.21. The first kappa shape index (κ1) is 13.2. The highest BCUT2D eigenvalue weighted by atomic mass is 16.2. The van der Waals surface area contributed by atoms with E-state index in [-0.39, 0.29) is 5.91 Å². The number of hydrogen-bond donors (Lipinski definition) is 2. The van der Waals surface area contributed by atoms with Gasteiger partial charge in [-0.05, 0) is 18.2 Å². The van der Waals surface area contributed by atoms with Crippen molar-refractivity contribution in [3.63, 3.8) is 0 Å². The molecule has 0 saturated carbocycles. The lowest BCUT2D eigenvalue weighted by Crippen LogP contribution is -2.48. The van der Waals surface area contributed by atoms with Gasteiger partial charge < -0.3 is 16.4 Å². The number of terminal acetylenes is 1. The maximum Gasteiger partial charge on any atom is 0.254 e. The number of benzene rings is 1. The van der Waals surface area contributed by atoms with Gasteiger partial charge in [0.05, 0.1) is 6.54 Å². The zero-order valence-corrected chi connectivity index (χ0v) is 10.8. The van der Waals surface area contributed by atoms with E-state index in [0.29, 0.717) is 36.6 Å². The quantitative estimate of drug-likeness (QED) is 0.588. The van der Waals surface area contributed by atoms with Crippen LogP contribution in [0.4, 0.5) is 11.4 Å². The maximum absolute atomic E-state index is 12.3. The number of hydrogen-bond acceptors (Lipinski definition) is 4. The first-order valence-electron chi connectivity index (χ1n) is 6.21. The lowest BCUT2D eigenvalue weighted by molar-refractivity contribution is 0.0652. The van der Waals surface area contributed by atoms with Gasteiger partial charge in [0.15, 0.2) is 0 Å². The SMILES string of the molecule is C#CCN1CCN(C(=O)c2cc(N)cc(N)c2)CC1. The number of anilines is 2. The topological polar surface area (TPSA) is 75.6 Å². The third-order valence-corrected chi connectivity index (χ3v) is 3.20. The summed E-state index contributed by atoms with van der Waals surface area (Å²) < 4.78 is 0. The molecule has 100 valence electrons. The minimum absolute atomic E-state index is 0.0284. The Bertz CT molecular complexity index is 492. The second kappa shape index (κ2) is 5.63. The van der Waals surface area contributed by atoms with Crippen molar-refractivity contribution in [2.24, 2.45) is 0 Å². The molecule has 1 amide bonds. The van der Waals surface area contributed by atoms with Gasteiger partial charge in [-0.15, -0.1) is 6.42 Å². The Kier molecular flexibility index (Phi) is 3.93. The molecule has 1 aliphatic heterocycles. The summed E-state index contributed by atoms with van der Waals surface area (Å²) in [4.78, 5) is 16.3. The fourth-order valence-corrected chi connectivity index (χ4v) is 2.22. The summed E-state index contributed by atoms with van der Waals surface area (Å²) in [6.45, 7) is 3.58. The molecule has 2 rings (SSSR count). The molecular formula is C14H18N4O. The molecule has 1 heterocycles. The molecular weight excluding hydrogens is 240 g/mol. The fourth-order valence-electron chi connectivity index (χ4n) is 2.22. The summed E-state index contributed by atoms with van der Waals surface area (Å²) in [6.07, 6.45) is 5.28. The molecule has 1 aliphatic rings. The van der Waals surface area contributed by atoms with E-state index in [2.05, 4.69) is 10.8 Å². The summed E-state index contributed by atoms with van der Waals surface area (Å²) >= 11 is 0. The Labute approximate surface area is 113 Å². The Balaban J connectivity index is 2.03. The van der Waals surface area contributed by atoms with Crippen LogP contribution in [0, 0.1) is 12.3 Å². The van der Waals surface area contributed by atoms with E-state index >= 15 is 0 Å². The molecule has 5 nitrogen and oxygen atoms in total. The van der Waals surface area contributed by atoms with Gasteiger partial charge >= 0.3 is 0 Å². The van der Waals surface area contributed by atoms with Gasteiger partial charge in [-0.2, -0.15) is 0 Å². The molecule has 1 saturated heterocycles. The van der Waals surface area contributed by atoms with Crippen LogP contribution in [0.2, 0.25) is 0 Å². The third kappa shape index (κ3) is 3.18. The van der Waals surface area contributed by atoms with Gasteiger partial charge in [0.1, 0.15) is 0 Å². The number of nitrogen functional groups attached to an aromatic ring is 2. The molecule has 0 radical (unpaired) electrons. The molecule has 4 N–H and O–H groups in total. The zero-order chi connectivity index (χ0) is 13.8. The highest BCUT2D eigenvalue weighted by molar-refractivity contribution is 5.96. The van der Waals surface area contributed by atoms with Crippen LogP contribution in [0.3, 0.4) is 0 Å². The van der Waals surface area contributed by atoms with Crippen LogP contribution in [0.1, 0.15) is 10.4 Å². The predicted molar refractivity (Wildman–Crippen MR) is 76.4 cm³/mol. The lowest BCUT2D eigenvalue weighted by atomic mass is 10.1. The Morgan fingerprint density at radius 2 is 1.74 bits per heavy atom. The maximum atomic E-state index is 12.3. The molecule has 0 atom stereocenters. The van der Waals surface area contributed by atoms with E-state index in [9.17, 15) is 4.79 Å². The van der Waals surface area contributed by atoms with Crippen LogP contribution >= 0.6 is 0 Å². The molecule has 0 bridgehead atoms. The number of carbonyl (C=O) groups is 1. The monoisotopic (exact) mass is 258 g/mol. The van der Waals surface area contributed by atoms with E-state index in [4.69, 9.17) is 17.9 Å². The average molecular weight is 258 g/mol. The van der Waals surface area contributed by atoms with Crippen molar-refractivity contribution in [3.8, 4) is 12.3 Å². The first-order chi connectivity index (χ1) is 9.10. The number of piperazine rings is 1. The van der Waals surface area contributed by atoms with Crippen molar-refractivity contribution in [1.29, 1.82) is 0 Å². The second-order valence-electron chi connectivity index (χ2n) is 4.66. The predicted octanol–water partition coefficient (Wildman–Crippen LogP) is 0.242. The van der Waals surface area contributed by atoms with Crippen LogP contribution in [-0.2, 0) is 0 Å². The summed E-state index contributed by atoms with van der Waals surface area (Å²) in [5.74, 6) is 2.59. The van der Waals surface area contributed by atoms with Crippen molar-refractivity contribution >= 4 is 17.3 Å². The molecule has 1 aromatic rings. The number of rotatable bonds is 2. The minimum atomic E-state index is -0.0284. The largest absolute Gasteiger partial charge is 0.399 e. The number of carbonyl (C=O) groups excluding carboxylic acids is 1. The number of nitrogens with zero attached hydrogens (tertiary/aromatic N) is 2. The molecule has 1 aromatic carbocycles. The van der Waals surface area contributed by atoms with E-state index in [1.54, 1.807) is 23.1 Å². The van der Waals surface area contributed by atoms with Crippen molar-refractivity contribution in [2.75, 3.05) is 44.2 Å². The van der Waals surface area contributed by atoms with Crippen molar-refractivity contribution in [2.45, 2.75) is 0 Å². The van der Waals surface area contributed by atoms with Crippen LogP contribution < -0.4 is 11.5 Å². The summed E-state index contributed by atoms with van der Waals surface area (Å²) in [5.41, 5.74) is 13.0. The van der Waals surface area contributed by atoms with Crippen LogP contribution in [0.5, 0.6) is 0 Å². The van der Waals surface area contributed by atoms with Crippen LogP contribution in [-0.4, -0.2) is 48.4 Å². The van der Waals surface area contributed by atoms with Crippen LogP contribution in [0.25, 0.3) is 0 Å². The van der Waals surface area contributed by atoms with Crippen LogP contribution in [0.15, 0.2) is 18.2 Å². The third-order valence-electron chi connectivity index (χ3n) is 3.20. The smallest absolute Gasteiger partial charge is 0.254 e.